The van der Waals surface area contributed by atoms with Crippen molar-refractivity contribution in [3.05, 3.63) is 77.9 Å². The van der Waals surface area contributed by atoms with Crippen molar-refractivity contribution in [2.45, 2.75) is 10.6 Å². The second-order valence-corrected chi connectivity index (χ2v) is 9.11. The monoisotopic (exact) mass is 424 g/mol. The summed E-state index contributed by atoms with van der Waals surface area (Å²) in [6.07, 6.45) is 0. The second kappa shape index (κ2) is 8.59. The van der Waals surface area contributed by atoms with Gasteiger partial charge in [0.05, 0.1) is 12.9 Å². The van der Waals surface area contributed by atoms with Crippen LogP contribution in [0, 0.1) is 0 Å². The molecule has 3 rings (SSSR count). The van der Waals surface area contributed by atoms with Gasteiger partial charge in [0.15, 0.2) is 9.84 Å². The quantitative estimate of drug-likeness (QED) is 0.611. The Morgan fingerprint density at radius 1 is 0.967 bits per heavy atom. The summed E-state index contributed by atoms with van der Waals surface area (Å²) in [6.45, 7) is 0. The highest BCUT2D eigenvalue weighted by Crippen LogP contribution is 2.32. The largest absolute Gasteiger partial charge is 0.495 e. The van der Waals surface area contributed by atoms with Crippen LogP contribution < -0.4 is 10.5 Å². The van der Waals surface area contributed by atoms with E-state index in [0.29, 0.717) is 22.4 Å². The maximum Gasteiger partial charge on any atom is 0.253 e. The molecule has 0 aliphatic carbocycles. The predicted octanol–water partition coefficient (Wildman–Crippen LogP) is 3.62. The summed E-state index contributed by atoms with van der Waals surface area (Å²) < 4.78 is 31.6. The molecule has 0 radical (unpaired) electrons. The highest BCUT2D eigenvalue weighted by atomic mass is 32.2. The number of hydrogen-bond donors (Lipinski definition) is 1. The lowest BCUT2D eigenvalue weighted by Gasteiger charge is -2.14. The van der Waals surface area contributed by atoms with E-state index in [-0.39, 0.29) is 22.3 Å². The molecule has 0 saturated heterocycles. The maximum atomic E-state index is 13.2. The Kier molecular flexibility index (Phi) is 6.12. The minimum absolute atomic E-state index is 0.0919. The standard InChI is InChI=1S/C23H24N2O4S/c1-25(2)23(26)19-8-5-7-17(13-19)18-10-11-21(29-3)22(14-18)30(27,28)15-16-6-4-9-20(24)12-16/h4-14H,15,24H2,1-3H3. The van der Waals surface area contributed by atoms with Crippen molar-refractivity contribution in [1.29, 1.82) is 0 Å². The molecule has 1 amide bonds. The van der Waals surface area contributed by atoms with Crippen molar-refractivity contribution >= 4 is 21.4 Å². The number of carbonyl (C=O) groups is 1. The van der Waals surface area contributed by atoms with Gasteiger partial charge in [0, 0.05) is 25.3 Å². The van der Waals surface area contributed by atoms with Crippen molar-refractivity contribution in [3.8, 4) is 16.9 Å². The zero-order valence-corrected chi connectivity index (χ0v) is 17.9. The average Bonchev–Trinajstić information content (AvgIpc) is 2.72. The summed E-state index contributed by atoms with van der Waals surface area (Å²) in [5.41, 5.74) is 8.83. The fourth-order valence-electron chi connectivity index (χ4n) is 3.17. The summed E-state index contributed by atoms with van der Waals surface area (Å²) in [7, 11) is 1.10. The van der Waals surface area contributed by atoms with E-state index in [1.807, 2.05) is 6.07 Å². The van der Waals surface area contributed by atoms with Crippen LogP contribution in [0.2, 0.25) is 0 Å². The molecule has 7 heteroatoms. The molecule has 0 bridgehead atoms. The Hall–Kier alpha value is -3.32. The van der Waals surface area contributed by atoms with Crippen LogP contribution in [0.15, 0.2) is 71.6 Å². The highest BCUT2D eigenvalue weighted by molar-refractivity contribution is 7.90. The fraction of sp³-hybridized carbons (Fsp3) is 0.174. The lowest BCUT2D eigenvalue weighted by atomic mass is 10.0. The molecule has 0 fully saturated rings. The van der Waals surface area contributed by atoms with Gasteiger partial charge >= 0.3 is 0 Å². The number of carbonyl (C=O) groups excluding carboxylic acids is 1. The molecule has 6 nitrogen and oxygen atoms in total. The van der Waals surface area contributed by atoms with E-state index in [0.717, 1.165) is 5.56 Å². The Bertz CT molecular complexity index is 1190. The van der Waals surface area contributed by atoms with E-state index in [1.165, 1.54) is 12.0 Å². The zero-order valence-electron chi connectivity index (χ0n) is 17.1. The Labute approximate surface area is 176 Å². The van der Waals surface area contributed by atoms with E-state index in [1.54, 1.807) is 74.8 Å². The summed E-state index contributed by atoms with van der Waals surface area (Å²) in [6, 6.07) is 18.9. The molecule has 3 aromatic carbocycles. The number of nitrogens with zero attached hydrogens (tertiary/aromatic N) is 1. The van der Waals surface area contributed by atoms with Gasteiger partial charge in [-0.25, -0.2) is 8.42 Å². The molecular formula is C23H24N2O4S. The minimum atomic E-state index is -3.70. The first-order valence-corrected chi connectivity index (χ1v) is 10.9. The number of sulfone groups is 1. The third kappa shape index (κ3) is 4.63. The molecule has 0 aromatic heterocycles. The molecular weight excluding hydrogens is 400 g/mol. The van der Waals surface area contributed by atoms with E-state index in [4.69, 9.17) is 10.5 Å². The lowest BCUT2D eigenvalue weighted by molar-refractivity contribution is 0.0827. The molecule has 0 saturated carbocycles. The molecule has 0 heterocycles. The first-order chi connectivity index (χ1) is 14.2. The molecule has 0 aliphatic heterocycles. The Morgan fingerprint density at radius 2 is 1.67 bits per heavy atom. The van der Waals surface area contributed by atoms with Gasteiger partial charge in [-0.1, -0.05) is 30.3 Å². The third-order valence-corrected chi connectivity index (χ3v) is 6.36. The van der Waals surface area contributed by atoms with Crippen LogP contribution in [0.3, 0.4) is 0 Å². The SMILES string of the molecule is COc1ccc(-c2cccc(C(=O)N(C)C)c2)cc1S(=O)(=O)Cc1cccc(N)c1. The van der Waals surface area contributed by atoms with Gasteiger partial charge in [-0.15, -0.1) is 0 Å². The number of rotatable bonds is 6. The highest BCUT2D eigenvalue weighted by Gasteiger charge is 2.22. The van der Waals surface area contributed by atoms with Gasteiger partial charge < -0.3 is 15.4 Å². The van der Waals surface area contributed by atoms with Crippen molar-refractivity contribution in [1.82, 2.24) is 4.90 Å². The summed E-state index contributed by atoms with van der Waals surface area (Å²) in [5, 5.41) is 0. The number of ether oxygens (including phenoxy) is 1. The molecule has 0 atom stereocenters. The van der Waals surface area contributed by atoms with Crippen molar-refractivity contribution < 1.29 is 17.9 Å². The van der Waals surface area contributed by atoms with Gasteiger partial charge in [0.1, 0.15) is 10.6 Å². The zero-order chi connectivity index (χ0) is 21.9. The first-order valence-electron chi connectivity index (χ1n) is 9.28. The van der Waals surface area contributed by atoms with Gasteiger partial charge in [-0.05, 0) is 53.1 Å². The van der Waals surface area contributed by atoms with E-state index in [9.17, 15) is 13.2 Å². The lowest BCUT2D eigenvalue weighted by Crippen LogP contribution is -2.21. The number of anilines is 1. The second-order valence-electron chi connectivity index (χ2n) is 7.15. The van der Waals surface area contributed by atoms with Crippen LogP contribution in [0.5, 0.6) is 5.75 Å². The van der Waals surface area contributed by atoms with E-state index in [2.05, 4.69) is 0 Å². The van der Waals surface area contributed by atoms with E-state index < -0.39 is 9.84 Å². The molecule has 156 valence electrons. The average molecular weight is 425 g/mol. The van der Waals surface area contributed by atoms with Crippen LogP contribution in [0.25, 0.3) is 11.1 Å². The number of methoxy groups -OCH3 is 1. The van der Waals surface area contributed by atoms with E-state index >= 15 is 0 Å². The van der Waals surface area contributed by atoms with Crippen LogP contribution in [0.1, 0.15) is 15.9 Å². The Balaban J connectivity index is 2.04. The summed E-state index contributed by atoms with van der Waals surface area (Å²) >= 11 is 0. The molecule has 30 heavy (non-hydrogen) atoms. The molecule has 0 aliphatic rings. The number of amides is 1. The number of nitrogens with two attached hydrogens (primary N) is 1. The predicted molar refractivity (Wildman–Crippen MR) is 118 cm³/mol. The van der Waals surface area contributed by atoms with Crippen molar-refractivity contribution in [3.63, 3.8) is 0 Å². The van der Waals surface area contributed by atoms with Gasteiger partial charge in [-0.2, -0.15) is 0 Å². The van der Waals surface area contributed by atoms with Crippen molar-refractivity contribution in [2.24, 2.45) is 0 Å². The van der Waals surface area contributed by atoms with Crippen LogP contribution in [-0.2, 0) is 15.6 Å². The third-order valence-electron chi connectivity index (χ3n) is 4.66. The molecule has 3 aromatic rings. The normalized spacial score (nSPS) is 11.2. The topological polar surface area (TPSA) is 89.7 Å². The first kappa shape index (κ1) is 21.4. The molecule has 0 spiro atoms. The molecule has 0 unspecified atom stereocenters. The number of benzene rings is 3. The van der Waals surface area contributed by atoms with Gasteiger partial charge in [0.25, 0.3) is 5.91 Å². The number of hydrogen-bond acceptors (Lipinski definition) is 5. The summed E-state index contributed by atoms with van der Waals surface area (Å²) in [4.78, 5) is 13.9. The minimum Gasteiger partial charge on any atom is -0.495 e. The number of nitrogen functional groups attached to an aromatic ring is 1. The fourth-order valence-corrected chi connectivity index (χ4v) is 4.71. The van der Waals surface area contributed by atoms with Gasteiger partial charge in [-0.3, -0.25) is 4.79 Å². The van der Waals surface area contributed by atoms with Crippen LogP contribution in [-0.4, -0.2) is 40.4 Å². The van der Waals surface area contributed by atoms with Crippen LogP contribution >= 0.6 is 0 Å². The van der Waals surface area contributed by atoms with Crippen molar-refractivity contribution in [2.75, 3.05) is 26.9 Å². The van der Waals surface area contributed by atoms with Crippen LogP contribution in [0.4, 0.5) is 5.69 Å². The molecule has 2 N–H and O–H groups in total. The smallest absolute Gasteiger partial charge is 0.253 e. The maximum absolute atomic E-state index is 13.2. The Morgan fingerprint density at radius 3 is 2.33 bits per heavy atom. The van der Waals surface area contributed by atoms with Gasteiger partial charge in [0.2, 0.25) is 0 Å². The summed E-state index contributed by atoms with van der Waals surface area (Å²) in [5.74, 6) is -0.0557.